The number of rotatable bonds is 18. The number of esters is 1. The summed E-state index contributed by atoms with van der Waals surface area (Å²) < 4.78 is 5.17. The Morgan fingerprint density at radius 1 is 0.690 bits per heavy atom. The number of carbonyl (C=O) groups is 1. The molecular formula is C27H44O2. The molecule has 0 aliphatic carbocycles. The minimum Gasteiger partial charge on any atom is -0.466 e. The smallest absolute Gasteiger partial charge is 0.308 e. The summed E-state index contributed by atoms with van der Waals surface area (Å²) in [6, 6.07) is 0. The van der Waals surface area contributed by atoms with E-state index in [4.69, 9.17) is 4.74 Å². The van der Waals surface area contributed by atoms with Gasteiger partial charge in [-0.05, 0) is 64.7 Å². The largest absolute Gasteiger partial charge is 0.466 e. The molecule has 0 spiro atoms. The van der Waals surface area contributed by atoms with Gasteiger partial charge in [0.2, 0.25) is 0 Å². The molecular weight excluding hydrogens is 356 g/mol. The van der Waals surface area contributed by atoms with Crippen LogP contribution in [0.1, 0.15) is 91.4 Å². The summed E-state index contributed by atoms with van der Waals surface area (Å²) in [6.45, 7) is 6.65. The van der Waals surface area contributed by atoms with Gasteiger partial charge < -0.3 is 4.74 Å². The van der Waals surface area contributed by atoms with E-state index in [-0.39, 0.29) is 11.9 Å². The highest BCUT2D eigenvalue weighted by Gasteiger charge is 2.17. The van der Waals surface area contributed by atoms with Crippen molar-refractivity contribution >= 4 is 5.97 Å². The van der Waals surface area contributed by atoms with E-state index in [1.807, 2.05) is 6.92 Å². The molecule has 0 aromatic heterocycles. The third-order valence-electron chi connectivity index (χ3n) is 4.59. The van der Waals surface area contributed by atoms with Crippen LogP contribution in [0.4, 0.5) is 0 Å². The van der Waals surface area contributed by atoms with Crippen molar-refractivity contribution in [1.82, 2.24) is 0 Å². The van der Waals surface area contributed by atoms with Crippen molar-refractivity contribution in [3.8, 4) is 0 Å². The van der Waals surface area contributed by atoms with E-state index >= 15 is 0 Å². The molecule has 0 radical (unpaired) electrons. The van der Waals surface area contributed by atoms with Gasteiger partial charge in [-0.1, -0.05) is 87.4 Å². The zero-order valence-corrected chi connectivity index (χ0v) is 19.2. The summed E-state index contributed by atoms with van der Waals surface area (Å²) in [6.07, 6.45) is 33.7. The average molecular weight is 401 g/mol. The van der Waals surface area contributed by atoms with Gasteiger partial charge in [-0.15, -0.1) is 0 Å². The summed E-state index contributed by atoms with van der Waals surface area (Å²) >= 11 is 0. The minimum atomic E-state index is -0.00997. The Morgan fingerprint density at radius 2 is 1.21 bits per heavy atom. The monoisotopic (exact) mass is 400 g/mol. The molecule has 164 valence electrons. The Balaban J connectivity index is 3.69. The topological polar surface area (TPSA) is 26.3 Å². The van der Waals surface area contributed by atoms with Gasteiger partial charge >= 0.3 is 5.97 Å². The molecule has 0 aliphatic heterocycles. The molecule has 1 atom stereocenters. The molecule has 0 saturated heterocycles. The molecule has 2 heteroatoms. The Labute approximate surface area is 180 Å². The van der Waals surface area contributed by atoms with Gasteiger partial charge in [0.15, 0.2) is 0 Å². The number of ether oxygens (including phenoxy) is 1. The standard InChI is InChI=1S/C27H44O2/c1-4-7-8-9-10-11-12-13-14-15-16-17-18-19-20-21-22-23-25-26(24-5-2)27(28)29-6-3/h7-8,10-11,13-14,16-17,19-20,26H,4-6,9,12,15,18,21-25H2,1-3H3/b8-7-,11-10-,14-13-,17-16-,20-19-. The van der Waals surface area contributed by atoms with Crippen LogP contribution in [0.3, 0.4) is 0 Å². The van der Waals surface area contributed by atoms with E-state index in [9.17, 15) is 4.79 Å². The predicted molar refractivity (Wildman–Crippen MR) is 128 cm³/mol. The third kappa shape index (κ3) is 19.3. The van der Waals surface area contributed by atoms with Crippen LogP contribution in [0, 0.1) is 5.92 Å². The Kier molecular flexibility index (Phi) is 21.0. The van der Waals surface area contributed by atoms with Gasteiger partial charge in [0.25, 0.3) is 0 Å². The Hall–Kier alpha value is -1.83. The maximum atomic E-state index is 11.9. The lowest BCUT2D eigenvalue weighted by Gasteiger charge is -2.14. The molecule has 2 nitrogen and oxygen atoms in total. The molecule has 1 unspecified atom stereocenters. The molecule has 0 N–H and O–H groups in total. The molecule has 0 amide bonds. The van der Waals surface area contributed by atoms with Crippen LogP contribution in [-0.4, -0.2) is 12.6 Å². The highest BCUT2D eigenvalue weighted by atomic mass is 16.5. The number of unbranched alkanes of at least 4 members (excludes halogenated alkanes) is 2. The first-order chi connectivity index (χ1) is 14.3. The molecule has 0 saturated carbocycles. The van der Waals surface area contributed by atoms with Gasteiger partial charge in [-0.3, -0.25) is 4.79 Å². The summed E-state index contributed by atoms with van der Waals surface area (Å²) in [5.74, 6) is 0.0810. The van der Waals surface area contributed by atoms with E-state index in [1.54, 1.807) is 0 Å². The van der Waals surface area contributed by atoms with Gasteiger partial charge in [0.1, 0.15) is 0 Å². The van der Waals surface area contributed by atoms with Crippen LogP contribution in [0.25, 0.3) is 0 Å². The molecule has 0 heterocycles. The highest BCUT2D eigenvalue weighted by molar-refractivity contribution is 5.72. The predicted octanol–water partition coefficient (Wildman–Crippen LogP) is 8.28. The van der Waals surface area contributed by atoms with E-state index in [0.717, 1.165) is 70.6 Å². The van der Waals surface area contributed by atoms with Crippen molar-refractivity contribution in [3.05, 3.63) is 60.8 Å². The van der Waals surface area contributed by atoms with E-state index in [1.165, 1.54) is 0 Å². The fourth-order valence-electron chi connectivity index (χ4n) is 3.01. The summed E-state index contributed by atoms with van der Waals surface area (Å²) in [5, 5.41) is 0. The first kappa shape index (κ1) is 27.2. The Bertz CT molecular complexity index is 509. The number of allylic oxidation sites excluding steroid dienone is 10. The molecule has 0 rings (SSSR count). The lowest BCUT2D eigenvalue weighted by atomic mass is 9.96. The summed E-state index contributed by atoms with van der Waals surface area (Å²) in [4.78, 5) is 11.9. The first-order valence-electron chi connectivity index (χ1n) is 11.7. The summed E-state index contributed by atoms with van der Waals surface area (Å²) in [7, 11) is 0. The second-order valence-electron chi connectivity index (χ2n) is 7.23. The molecule has 0 aromatic rings. The zero-order chi connectivity index (χ0) is 21.4. The molecule has 0 aromatic carbocycles. The van der Waals surface area contributed by atoms with Gasteiger partial charge in [0.05, 0.1) is 12.5 Å². The van der Waals surface area contributed by atoms with Crippen LogP contribution in [-0.2, 0) is 9.53 Å². The Morgan fingerprint density at radius 3 is 1.69 bits per heavy atom. The zero-order valence-electron chi connectivity index (χ0n) is 19.2. The van der Waals surface area contributed by atoms with Crippen LogP contribution in [0.5, 0.6) is 0 Å². The fraction of sp³-hybridized carbons (Fsp3) is 0.593. The minimum absolute atomic E-state index is 0.00997. The molecule has 0 bridgehead atoms. The SMILES string of the molecule is CC/C=C\C/C=C\C/C=C\C/C=C\C/C=C\CCCCC(CCC)C(=O)OCC. The van der Waals surface area contributed by atoms with Crippen molar-refractivity contribution in [2.24, 2.45) is 5.92 Å². The highest BCUT2D eigenvalue weighted by Crippen LogP contribution is 2.17. The van der Waals surface area contributed by atoms with Crippen LogP contribution >= 0.6 is 0 Å². The normalized spacial score (nSPS) is 13.6. The second kappa shape index (κ2) is 22.5. The van der Waals surface area contributed by atoms with E-state index < -0.39 is 0 Å². The quantitative estimate of drug-likeness (QED) is 0.131. The summed E-state index contributed by atoms with van der Waals surface area (Å²) in [5.41, 5.74) is 0. The number of carbonyl (C=O) groups excluding carboxylic acids is 1. The van der Waals surface area contributed by atoms with Crippen molar-refractivity contribution in [1.29, 1.82) is 0 Å². The van der Waals surface area contributed by atoms with E-state index in [0.29, 0.717) is 6.61 Å². The maximum Gasteiger partial charge on any atom is 0.308 e. The lowest BCUT2D eigenvalue weighted by molar-refractivity contribution is -0.148. The molecule has 0 aliphatic rings. The second-order valence-corrected chi connectivity index (χ2v) is 7.23. The van der Waals surface area contributed by atoms with Gasteiger partial charge in [-0.2, -0.15) is 0 Å². The van der Waals surface area contributed by atoms with Gasteiger partial charge in [0, 0.05) is 0 Å². The van der Waals surface area contributed by atoms with E-state index in [2.05, 4.69) is 74.6 Å². The van der Waals surface area contributed by atoms with Crippen molar-refractivity contribution in [2.45, 2.75) is 91.4 Å². The first-order valence-corrected chi connectivity index (χ1v) is 11.7. The van der Waals surface area contributed by atoms with Crippen molar-refractivity contribution in [3.63, 3.8) is 0 Å². The molecule has 0 fully saturated rings. The average Bonchev–Trinajstić information content (AvgIpc) is 2.72. The van der Waals surface area contributed by atoms with Crippen LogP contribution < -0.4 is 0 Å². The number of hydrogen-bond donors (Lipinski definition) is 0. The van der Waals surface area contributed by atoms with Crippen LogP contribution in [0.15, 0.2) is 60.8 Å². The fourth-order valence-corrected chi connectivity index (χ4v) is 3.01. The van der Waals surface area contributed by atoms with Crippen molar-refractivity contribution in [2.75, 3.05) is 6.61 Å². The van der Waals surface area contributed by atoms with Gasteiger partial charge in [-0.25, -0.2) is 0 Å². The lowest BCUT2D eigenvalue weighted by Crippen LogP contribution is -2.17. The maximum absolute atomic E-state index is 11.9. The van der Waals surface area contributed by atoms with Crippen LogP contribution in [0.2, 0.25) is 0 Å². The number of hydrogen-bond acceptors (Lipinski definition) is 2. The molecule has 29 heavy (non-hydrogen) atoms. The van der Waals surface area contributed by atoms with Crippen molar-refractivity contribution < 1.29 is 9.53 Å². The third-order valence-corrected chi connectivity index (χ3v) is 4.59.